The highest BCUT2D eigenvalue weighted by atomic mass is 14.2. The fourth-order valence-electron chi connectivity index (χ4n) is 1.87. The zero-order chi connectivity index (χ0) is 16.9. The van der Waals surface area contributed by atoms with E-state index in [4.69, 9.17) is 0 Å². The van der Waals surface area contributed by atoms with Gasteiger partial charge in [0.05, 0.1) is 0 Å². The molecule has 0 heteroatoms. The van der Waals surface area contributed by atoms with E-state index in [-0.39, 0.29) is 0 Å². The molecule has 122 valence electrons. The van der Waals surface area contributed by atoms with Gasteiger partial charge in [-0.1, -0.05) is 63.8 Å². The molecular formula is C20H42. The largest absolute Gasteiger partial charge is 0.0778 e. The molecule has 0 N–H and O–H groups in total. The van der Waals surface area contributed by atoms with E-state index in [0.717, 1.165) is 11.8 Å². The normalized spacial score (nSPS) is 12.4. The fraction of sp³-hybridized carbons (Fsp3) is 0.800. The topological polar surface area (TPSA) is 0 Å². The Morgan fingerprint density at radius 2 is 1.10 bits per heavy atom. The zero-order valence-electron chi connectivity index (χ0n) is 16.6. The average Bonchev–Trinajstić information content (AvgIpc) is 2.40. The Morgan fingerprint density at radius 3 is 1.25 bits per heavy atom. The second-order valence-electron chi connectivity index (χ2n) is 6.08. The molecule has 0 rings (SSSR count). The van der Waals surface area contributed by atoms with Gasteiger partial charge in [0, 0.05) is 0 Å². The summed E-state index contributed by atoms with van der Waals surface area (Å²) in [5.41, 5.74) is 6.05. The summed E-state index contributed by atoms with van der Waals surface area (Å²) in [5.74, 6) is 1.58. The van der Waals surface area contributed by atoms with Crippen LogP contribution in [0.1, 0.15) is 95.9 Å². The molecule has 20 heavy (non-hydrogen) atoms. The molecule has 0 aromatic heterocycles. The van der Waals surface area contributed by atoms with Crippen LogP contribution in [0.2, 0.25) is 0 Å². The minimum absolute atomic E-state index is 0.788. The first kappa shape index (κ1) is 24.5. The molecule has 0 amide bonds. The van der Waals surface area contributed by atoms with Gasteiger partial charge < -0.3 is 0 Å². The third-order valence-electron chi connectivity index (χ3n) is 4.00. The molecule has 0 fully saturated rings. The van der Waals surface area contributed by atoms with E-state index in [1.54, 1.807) is 11.1 Å². The number of rotatable bonds is 4. The lowest BCUT2D eigenvalue weighted by Gasteiger charge is -2.22. The van der Waals surface area contributed by atoms with E-state index < -0.39 is 0 Å². The van der Waals surface area contributed by atoms with Gasteiger partial charge in [0.25, 0.3) is 0 Å². The molecule has 0 bridgehead atoms. The molecule has 0 heterocycles. The van der Waals surface area contributed by atoms with Crippen LogP contribution in [-0.2, 0) is 0 Å². The van der Waals surface area contributed by atoms with E-state index in [1.807, 2.05) is 13.8 Å². The lowest BCUT2D eigenvalue weighted by atomic mass is 9.84. The Morgan fingerprint density at radius 1 is 0.750 bits per heavy atom. The second kappa shape index (κ2) is 14.9. The second-order valence-corrected chi connectivity index (χ2v) is 6.08. The molecule has 0 aliphatic heterocycles. The molecule has 0 radical (unpaired) electrons. The van der Waals surface area contributed by atoms with Crippen LogP contribution in [0, 0.1) is 11.8 Å². The van der Waals surface area contributed by atoms with Gasteiger partial charge in [0.1, 0.15) is 0 Å². The summed E-state index contributed by atoms with van der Waals surface area (Å²) in [5, 5.41) is 0. The summed E-state index contributed by atoms with van der Waals surface area (Å²) >= 11 is 0. The number of allylic oxidation sites excluding steroid dienone is 4. The standard InChI is InChI=1S/C12H24.C6H12.C2H6/c1-7-10(5)11(6)12(8-2)9(3)4;1-5(2)6(3)4;1-2/h9,12H,7-8H2,1-6H3;1-4H3;1-2H3/b11-10-;;. The van der Waals surface area contributed by atoms with Crippen molar-refractivity contribution >= 4 is 0 Å². The van der Waals surface area contributed by atoms with Gasteiger partial charge in [0.2, 0.25) is 0 Å². The van der Waals surface area contributed by atoms with Crippen LogP contribution in [0.4, 0.5) is 0 Å². The van der Waals surface area contributed by atoms with Crippen LogP contribution in [-0.4, -0.2) is 0 Å². The molecule has 0 nitrogen and oxygen atoms in total. The predicted molar refractivity (Wildman–Crippen MR) is 98.4 cm³/mol. The Hall–Kier alpha value is -0.520. The maximum Gasteiger partial charge on any atom is -0.0183 e. The van der Waals surface area contributed by atoms with Gasteiger partial charge in [-0.3, -0.25) is 0 Å². The average molecular weight is 283 g/mol. The first-order chi connectivity index (χ1) is 9.18. The third-order valence-corrected chi connectivity index (χ3v) is 4.00. The van der Waals surface area contributed by atoms with E-state index in [1.165, 1.54) is 24.0 Å². The molecule has 0 saturated heterocycles. The van der Waals surface area contributed by atoms with Crippen LogP contribution in [0.5, 0.6) is 0 Å². The number of hydrogen-bond donors (Lipinski definition) is 0. The SMILES string of the molecule is CC.CC(C)=C(C)C.CC/C(C)=C(/C)C(CC)C(C)C. The molecule has 0 aromatic rings. The summed E-state index contributed by atoms with van der Waals surface area (Å²) in [4.78, 5) is 0. The zero-order valence-corrected chi connectivity index (χ0v) is 16.6. The van der Waals surface area contributed by atoms with E-state index >= 15 is 0 Å². The first-order valence-electron chi connectivity index (χ1n) is 8.45. The smallest absolute Gasteiger partial charge is 0.0183 e. The maximum atomic E-state index is 2.32. The van der Waals surface area contributed by atoms with E-state index in [0.29, 0.717) is 0 Å². The third kappa shape index (κ3) is 12.5. The van der Waals surface area contributed by atoms with Crippen molar-refractivity contribution in [3.05, 3.63) is 22.3 Å². The van der Waals surface area contributed by atoms with E-state index in [9.17, 15) is 0 Å². The minimum Gasteiger partial charge on any atom is -0.0778 e. The molecular weight excluding hydrogens is 240 g/mol. The van der Waals surface area contributed by atoms with Crippen molar-refractivity contribution in [1.82, 2.24) is 0 Å². The monoisotopic (exact) mass is 282 g/mol. The van der Waals surface area contributed by atoms with Gasteiger partial charge in [0.15, 0.2) is 0 Å². The summed E-state index contributed by atoms with van der Waals surface area (Å²) in [7, 11) is 0. The fourth-order valence-corrected chi connectivity index (χ4v) is 1.87. The van der Waals surface area contributed by atoms with Gasteiger partial charge in [-0.05, 0) is 66.2 Å². The van der Waals surface area contributed by atoms with Gasteiger partial charge in [-0.2, -0.15) is 0 Å². The summed E-state index contributed by atoms with van der Waals surface area (Å²) in [6, 6.07) is 0. The highest BCUT2D eigenvalue weighted by Crippen LogP contribution is 2.26. The molecule has 1 unspecified atom stereocenters. The molecule has 0 saturated carbocycles. The van der Waals surface area contributed by atoms with Crippen molar-refractivity contribution in [2.24, 2.45) is 11.8 Å². The lowest BCUT2D eigenvalue weighted by Crippen LogP contribution is -2.10. The quantitative estimate of drug-likeness (QED) is 0.461. The van der Waals surface area contributed by atoms with Gasteiger partial charge in [-0.15, -0.1) is 0 Å². The Kier molecular flexibility index (Phi) is 18.2. The lowest BCUT2D eigenvalue weighted by molar-refractivity contribution is 0.426. The van der Waals surface area contributed by atoms with Crippen LogP contribution in [0.3, 0.4) is 0 Å². The van der Waals surface area contributed by atoms with Crippen molar-refractivity contribution < 1.29 is 0 Å². The van der Waals surface area contributed by atoms with E-state index in [2.05, 4.69) is 69.2 Å². The van der Waals surface area contributed by atoms with Crippen molar-refractivity contribution in [2.75, 3.05) is 0 Å². The van der Waals surface area contributed by atoms with Crippen LogP contribution in [0.25, 0.3) is 0 Å². The van der Waals surface area contributed by atoms with Gasteiger partial charge in [-0.25, -0.2) is 0 Å². The van der Waals surface area contributed by atoms with Crippen molar-refractivity contribution in [3.8, 4) is 0 Å². The summed E-state index contributed by atoms with van der Waals surface area (Å²) in [6.07, 6.45) is 2.48. The van der Waals surface area contributed by atoms with Crippen molar-refractivity contribution in [2.45, 2.75) is 95.9 Å². The number of hydrogen-bond acceptors (Lipinski definition) is 0. The van der Waals surface area contributed by atoms with Crippen molar-refractivity contribution in [1.29, 1.82) is 0 Å². The van der Waals surface area contributed by atoms with Crippen LogP contribution < -0.4 is 0 Å². The molecule has 0 aliphatic rings. The summed E-state index contributed by atoms with van der Waals surface area (Å²) < 4.78 is 0. The first-order valence-corrected chi connectivity index (χ1v) is 8.45. The van der Waals surface area contributed by atoms with Crippen molar-refractivity contribution in [3.63, 3.8) is 0 Å². The molecule has 1 atom stereocenters. The van der Waals surface area contributed by atoms with Crippen LogP contribution >= 0.6 is 0 Å². The maximum absolute atomic E-state index is 2.32. The molecule has 0 aromatic carbocycles. The molecule has 0 aliphatic carbocycles. The summed E-state index contributed by atoms with van der Waals surface area (Å²) in [6.45, 7) is 26.2. The van der Waals surface area contributed by atoms with Gasteiger partial charge >= 0.3 is 0 Å². The Balaban J connectivity index is -0.000000304. The predicted octanol–water partition coefficient (Wildman–Crippen LogP) is 7.80. The Labute approximate surface area is 130 Å². The molecule has 0 spiro atoms. The highest BCUT2D eigenvalue weighted by molar-refractivity contribution is 5.12. The highest BCUT2D eigenvalue weighted by Gasteiger charge is 2.13. The minimum atomic E-state index is 0.788. The Bertz CT molecular complexity index is 258. The van der Waals surface area contributed by atoms with Crippen LogP contribution in [0.15, 0.2) is 22.3 Å².